The molecule has 3 aromatic rings. The van der Waals surface area contributed by atoms with E-state index in [9.17, 15) is 0 Å². The molecule has 2 nitrogen and oxygen atoms in total. The molecule has 5 heteroatoms. The van der Waals surface area contributed by atoms with Crippen molar-refractivity contribution in [1.29, 1.82) is 0 Å². The first-order valence-electron chi connectivity index (χ1n) is 7.03. The zero-order valence-corrected chi connectivity index (χ0v) is 13.7. The topological polar surface area (TPSA) is 28.7 Å². The third-order valence-electron chi connectivity index (χ3n) is 3.94. The average molecular weight is 333 g/mol. The summed E-state index contributed by atoms with van der Waals surface area (Å²) in [6.45, 7) is 0. The molecule has 1 N–H and O–H groups in total. The summed E-state index contributed by atoms with van der Waals surface area (Å²) in [7, 11) is 0. The predicted molar refractivity (Wildman–Crippen MR) is 91.9 cm³/mol. The van der Waals surface area contributed by atoms with Crippen molar-refractivity contribution in [2.75, 3.05) is 0 Å². The molecule has 1 aliphatic carbocycles. The van der Waals surface area contributed by atoms with Crippen LogP contribution >= 0.6 is 35.2 Å². The minimum Gasteiger partial charge on any atom is -0.330 e. The largest absolute Gasteiger partial charge is 0.330 e. The van der Waals surface area contributed by atoms with Crippen LogP contribution in [0.2, 0.25) is 5.02 Å². The Balaban J connectivity index is 1.93. The predicted octanol–water partition coefficient (Wildman–Crippen LogP) is 5.55. The fourth-order valence-electron chi connectivity index (χ4n) is 2.91. The van der Waals surface area contributed by atoms with Gasteiger partial charge in [-0.2, -0.15) is 0 Å². The molecule has 4 rings (SSSR count). The molecule has 2 heterocycles. The highest BCUT2D eigenvalue weighted by molar-refractivity contribution is 7.71. The second-order valence-electron chi connectivity index (χ2n) is 5.31. The number of fused-ring (bicyclic) bond motifs is 3. The SMILES string of the molecule is S=c1[nH]c(-c2ccc(Cl)cc2)nc2sc3c(c12)CCCC3. The van der Waals surface area contributed by atoms with Gasteiger partial charge in [-0.15, -0.1) is 11.3 Å². The molecule has 0 atom stereocenters. The standard InChI is InChI=1S/C16H13ClN2S2/c17-10-7-5-9(6-8-10)14-18-15(20)13-11-3-1-2-4-12(11)21-16(13)19-14/h5-8H,1-4H2,(H,18,19,20). The molecule has 0 bridgehead atoms. The Hall–Kier alpha value is -1.23. The second-order valence-corrected chi connectivity index (χ2v) is 7.24. The van der Waals surface area contributed by atoms with Gasteiger partial charge in [0.2, 0.25) is 0 Å². The third kappa shape index (κ3) is 2.31. The number of benzene rings is 1. The summed E-state index contributed by atoms with van der Waals surface area (Å²) in [6.07, 6.45) is 4.84. The fourth-order valence-corrected chi connectivity index (χ4v) is 4.69. The second kappa shape index (κ2) is 5.20. The molecular weight excluding hydrogens is 320 g/mol. The number of nitrogens with one attached hydrogen (secondary N) is 1. The Bertz CT molecular complexity index is 878. The van der Waals surface area contributed by atoms with E-state index < -0.39 is 0 Å². The Morgan fingerprint density at radius 1 is 1.14 bits per heavy atom. The molecule has 1 aromatic carbocycles. The third-order valence-corrected chi connectivity index (χ3v) is 5.69. The van der Waals surface area contributed by atoms with Crippen LogP contribution in [0.3, 0.4) is 0 Å². The van der Waals surface area contributed by atoms with Gasteiger partial charge in [0.05, 0.1) is 0 Å². The van der Waals surface area contributed by atoms with E-state index in [-0.39, 0.29) is 0 Å². The van der Waals surface area contributed by atoms with Gasteiger partial charge in [-0.1, -0.05) is 23.8 Å². The Labute approximate surface area is 136 Å². The first kappa shape index (κ1) is 13.4. The molecule has 1 aliphatic rings. The number of nitrogens with zero attached hydrogens (tertiary/aromatic N) is 1. The number of halogens is 1. The quantitative estimate of drug-likeness (QED) is 0.591. The number of aryl methyl sites for hydroxylation is 2. The number of thiophene rings is 1. The Morgan fingerprint density at radius 3 is 2.71 bits per heavy atom. The van der Waals surface area contributed by atoms with E-state index in [0.717, 1.165) is 32.3 Å². The smallest absolute Gasteiger partial charge is 0.140 e. The van der Waals surface area contributed by atoms with E-state index in [4.69, 9.17) is 28.8 Å². The number of rotatable bonds is 1. The van der Waals surface area contributed by atoms with Crippen LogP contribution in [-0.4, -0.2) is 9.97 Å². The molecule has 0 radical (unpaired) electrons. The van der Waals surface area contributed by atoms with E-state index in [2.05, 4.69) is 4.98 Å². The summed E-state index contributed by atoms with van der Waals surface area (Å²) in [6, 6.07) is 7.68. The van der Waals surface area contributed by atoms with E-state index >= 15 is 0 Å². The number of aromatic nitrogens is 2. The zero-order chi connectivity index (χ0) is 14.4. The van der Waals surface area contributed by atoms with Crippen molar-refractivity contribution in [2.24, 2.45) is 0 Å². The first-order valence-corrected chi connectivity index (χ1v) is 8.63. The molecule has 0 saturated carbocycles. The Morgan fingerprint density at radius 2 is 1.90 bits per heavy atom. The van der Waals surface area contributed by atoms with Crippen LogP contribution < -0.4 is 0 Å². The van der Waals surface area contributed by atoms with E-state index in [0.29, 0.717) is 0 Å². The first-order chi connectivity index (χ1) is 10.2. The average Bonchev–Trinajstić information content (AvgIpc) is 2.86. The van der Waals surface area contributed by atoms with E-state index in [1.54, 1.807) is 11.3 Å². The van der Waals surface area contributed by atoms with Crippen LogP contribution in [-0.2, 0) is 12.8 Å². The number of hydrogen-bond acceptors (Lipinski definition) is 3. The van der Waals surface area contributed by atoms with Gasteiger partial charge in [-0.05, 0) is 55.5 Å². The Kier molecular flexibility index (Phi) is 3.32. The van der Waals surface area contributed by atoms with E-state index in [1.165, 1.54) is 35.1 Å². The number of hydrogen-bond donors (Lipinski definition) is 1. The lowest BCUT2D eigenvalue weighted by atomic mass is 9.97. The fraction of sp³-hybridized carbons (Fsp3) is 0.250. The molecule has 0 unspecified atom stereocenters. The zero-order valence-electron chi connectivity index (χ0n) is 11.3. The summed E-state index contributed by atoms with van der Waals surface area (Å²) in [4.78, 5) is 10.6. The number of aromatic amines is 1. The van der Waals surface area contributed by atoms with Gasteiger partial charge < -0.3 is 4.98 Å². The normalized spacial score (nSPS) is 14.3. The molecule has 2 aromatic heterocycles. The molecule has 0 saturated heterocycles. The van der Waals surface area contributed by atoms with Crippen molar-refractivity contribution in [1.82, 2.24) is 9.97 Å². The van der Waals surface area contributed by atoms with Gasteiger partial charge in [0, 0.05) is 20.8 Å². The van der Waals surface area contributed by atoms with Crippen molar-refractivity contribution in [2.45, 2.75) is 25.7 Å². The minimum atomic E-state index is 0.727. The van der Waals surface area contributed by atoms with Crippen LogP contribution in [0, 0.1) is 4.64 Å². The van der Waals surface area contributed by atoms with Gasteiger partial charge in [-0.3, -0.25) is 0 Å². The molecule has 0 fully saturated rings. The lowest BCUT2D eigenvalue weighted by molar-refractivity contribution is 0.700. The molecule has 0 aliphatic heterocycles. The molecule has 0 amide bonds. The highest BCUT2D eigenvalue weighted by Gasteiger charge is 2.18. The van der Waals surface area contributed by atoms with Crippen molar-refractivity contribution in [3.8, 4) is 11.4 Å². The van der Waals surface area contributed by atoms with Crippen LogP contribution in [0.5, 0.6) is 0 Å². The maximum absolute atomic E-state index is 5.94. The van der Waals surface area contributed by atoms with Crippen molar-refractivity contribution < 1.29 is 0 Å². The monoisotopic (exact) mass is 332 g/mol. The van der Waals surface area contributed by atoms with Crippen LogP contribution in [0.25, 0.3) is 21.6 Å². The summed E-state index contributed by atoms with van der Waals surface area (Å²) in [5, 5.41) is 1.90. The highest BCUT2D eigenvalue weighted by atomic mass is 35.5. The summed E-state index contributed by atoms with van der Waals surface area (Å²) in [5.74, 6) is 0.822. The van der Waals surface area contributed by atoms with Gasteiger partial charge in [0.15, 0.2) is 0 Å². The van der Waals surface area contributed by atoms with Gasteiger partial charge in [-0.25, -0.2) is 4.98 Å². The lowest BCUT2D eigenvalue weighted by Crippen LogP contribution is -1.98. The maximum atomic E-state index is 5.94. The molecular formula is C16H13ClN2S2. The maximum Gasteiger partial charge on any atom is 0.140 e. The molecule has 0 spiro atoms. The van der Waals surface area contributed by atoms with Gasteiger partial charge in [0.25, 0.3) is 0 Å². The van der Waals surface area contributed by atoms with Crippen LogP contribution in [0.4, 0.5) is 0 Å². The minimum absolute atomic E-state index is 0.727. The van der Waals surface area contributed by atoms with Crippen molar-refractivity contribution >= 4 is 45.4 Å². The number of H-pyrrole nitrogens is 1. The molecule has 21 heavy (non-hydrogen) atoms. The molecule has 106 valence electrons. The van der Waals surface area contributed by atoms with Crippen molar-refractivity contribution in [3.05, 3.63) is 44.4 Å². The summed E-state index contributed by atoms with van der Waals surface area (Å²) in [5.41, 5.74) is 2.44. The van der Waals surface area contributed by atoms with E-state index in [1.807, 2.05) is 24.3 Å². The van der Waals surface area contributed by atoms with Crippen LogP contribution in [0.15, 0.2) is 24.3 Å². The lowest BCUT2D eigenvalue weighted by Gasteiger charge is -2.10. The van der Waals surface area contributed by atoms with Gasteiger partial charge in [0.1, 0.15) is 15.3 Å². The summed E-state index contributed by atoms with van der Waals surface area (Å²) >= 11 is 13.3. The van der Waals surface area contributed by atoms with Crippen molar-refractivity contribution in [3.63, 3.8) is 0 Å². The highest BCUT2D eigenvalue weighted by Crippen LogP contribution is 2.36. The van der Waals surface area contributed by atoms with Crippen LogP contribution in [0.1, 0.15) is 23.3 Å². The van der Waals surface area contributed by atoms with Gasteiger partial charge >= 0.3 is 0 Å². The summed E-state index contributed by atoms with van der Waals surface area (Å²) < 4.78 is 0.810.